The number of hydrogen-bond acceptors (Lipinski definition) is 4. The lowest BCUT2D eigenvalue weighted by Crippen LogP contribution is -2.29. The van der Waals surface area contributed by atoms with Crippen molar-refractivity contribution in [3.05, 3.63) is 17.5 Å². The van der Waals surface area contributed by atoms with Gasteiger partial charge in [-0.1, -0.05) is 24.4 Å². The summed E-state index contributed by atoms with van der Waals surface area (Å²) in [5.74, 6) is 2.57. The van der Waals surface area contributed by atoms with Crippen molar-refractivity contribution in [1.82, 2.24) is 15.4 Å². The van der Waals surface area contributed by atoms with Crippen LogP contribution in [-0.2, 0) is 6.54 Å². The predicted molar refractivity (Wildman–Crippen MR) is 77.5 cm³/mol. The fourth-order valence-electron chi connectivity index (χ4n) is 4.28. The van der Waals surface area contributed by atoms with Gasteiger partial charge < -0.3 is 9.84 Å². The van der Waals surface area contributed by atoms with E-state index in [4.69, 9.17) is 4.52 Å². The van der Waals surface area contributed by atoms with Crippen molar-refractivity contribution in [3.8, 4) is 0 Å². The van der Waals surface area contributed by atoms with Gasteiger partial charge in [0, 0.05) is 31.1 Å². The number of likely N-dealkylation sites (tertiary alicyclic amines) is 1. The van der Waals surface area contributed by atoms with Crippen LogP contribution in [0.5, 0.6) is 0 Å². The first-order valence-electron chi connectivity index (χ1n) is 8.30. The summed E-state index contributed by atoms with van der Waals surface area (Å²) in [5.41, 5.74) is 1.21. The monoisotopic (exact) mass is 275 g/mol. The molecule has 0 radical (unpaired) electrons. The Morgan fingerprint density at radius 3 is 2.95 bits per heavy atom. The van der Waals surface area contributed by atoms with E-state index in [0.29, 0.717) is 5.92 Å². The summed E-state index contributed by atoms with van der Waals surface area (Å²) in [5, 5.41) is 7.94. The zero-order valence-electron chi connectivity index (χ0n) is 12.2. The molecule has 1 aliphatic carbocycles. The van der Waals surface area contributed by atoms with E-state index in [1.54, 1.807) is 0 Å². The van der Waals surface area contributed by atoms with Crippen molar-refractivity contribution in [3.63, 3.8) is 0 Å². The van der Waals surface area contributed by atoms with E-state index < -0.39 is 0 Å². The van der Waals surface area contributed by atoms with Crippen LogP contribution in [0.3, 0.4) is 0 Å². The van der Waals surface area contributed by atoms with Crippen molar-refractivity contribution < 1.29 is 4.52 Å². The summed E-state index contributed by atoms with van der Waals surface area (Å²) in [7, 11) is 0. The molecule has 0 amide bonds. The zero-order chi connectivity index (χ0) is 13.4. The van der Waals surface area contributed by atoms with E-state index in [1.807, 2.05) is 0 Å². The third kappa shape index (κ3) is 2.51. The number of fused-ring (bicyclic) bond motifs is 1. The highest BCUT2D eigenvalue weighted by molar-refractivity contribution is 5.12. The number of aromatic nitrogens is 1. The van der Waals surface area contributed by atoms with Gasteiger partial charge in [-0.25, -0.2) is 0 Å². The Morgan fingerprint density at radius 2 is 2.10 bits per heavy atom. The third-order valence-electron chi connectivity index (χ3n) is 5.42. The van der Waals surface area contributed by atoms with Gasteiger partial charge in [0.25, 0.3) is 0 Å². The quantitative estimate of drug-likeness (QED) is 0.920. The van der Waals surface area contributed by atoms with Gasteiger partial charge in [0.05, 0.1) is 12.2 Å². The van der Waals surface area contributed by atoms with Crippen LogP contribution in [0.4, 0.5) is 0 Å². The van der Waals surface area contributed by atoms with Crippen LogP contribution in [0.1, 0.15) is 55.9 Å². The first-order valence-corrected chi connectivity index (χ1v) is 8.30. The van der Waals surface area contributed by atoms with E-state index in [2.05, 4.69) is 21.4 Å². The smallest absolute Gasteiger partial charge is 0.150 e. The highest BCUT2D eigenvalue weighted by Gasteiger charge is 2.36. The van der Waals surface area contributed by atoms with E-state index in [1.165, 1.54) is 63.9 Å². The highest BCUT2D eigenvalue weighted by atomic mass is 16.5. The van der Waals surface area contributed by atoms with E-state index in [-0.39, 0.29) is 0 Å². The van der Waals surface area contributed by atoms with Crippen molar-refractivity contribution in [1.29, 1.82) is 0 Å². The molecule has 1 N–H and O–H groups in total. The van der Waals surface area contributed by atoms with E-state index in [9.17, 15) is 0 Å². The molecule has 1 aromatic heterocycles. The second-order valence-corrected chi connectivity index (χ2v) is 6.86. The molecule has 0 bridgehead atoms. The van der Waals surface area contributed by atoms with Gasteiger partial charge in [0.2, 0.25) is 0 Å². The van der Waals surface area contributed by atoms with Crippen molar-refractivity contribution in [2.75, 3.05) is 19.6 Å². The zero-order valence-corrected chi connectivity index (χ0v) is 12.2. The predicted octanol–water partition coefficient (Wildman–Crippen LogP) is 2.52. The van der Waals surface area contributed by atoms with Crippen LogP contribution in [0, 0.1) is 5.92 Å². The number of hydrogen-bond donors (Lipinski definition) is 1. The lowest BCUT2D eigenvalue weighted by molar-refractivity contribution is 0.258. The summed E-state index contributed by atoms with van der Waals surface area (Å²) >= 11 is 0. The Bertz CT molecular complexity index is 440. The molecule has 3 heterocycles. The van der Waals surface area contributed by atoms with Gasteiger partial charge in [-0.2, -0.15) is 0 Å². The largest absolute Gasteiger partial charge is 0.360 e. The molecule has 2 saturated heterocycles. The third-order valence-corrected chi connectivity index (χ3v) is 5.42. The molecule has 1 aromatic rings. The average Bonchev–Trinajstić information content (AvgIpc) is 3.16. The Balaban J connectivity index is 1.36. The van der Waals surface area contributed by atoms with Crippen molar-refractivity contribution in [2.24, 2.45) is 5.92 Å². The average molecular weight is 275 g/mol. The maximum atomic E-state index is 5.59. The normalized spacial score (nSPS) is 31.8. The molecular weight excluding hydrogens is 250 g/mol. The molecule has 2 aliphatic heterocycles. The maximum Gasteiger partial charge on any atom is 0.150 e. The SMILES string of the molecule is c1c(C2CCCCC2)noc1CN1C[C@@H]2CCN[C@@H]2C1. The molecule has 4 nitrogen and oxygen atoms in total. The summed E-state index contributed by atoms with van der Waals surface area (Å²) in [4.78, 5) is 2.52. The molecule has 110 valence electrons. The topological polar surface area (TPSA) is 41.3 Å². The molecule has 1 saturated carbocycles. The van der Waals surface area contributed by atoms with Gasteiger partial charge >= 0.3 is 0 Å². The lowest BCUT2D eigenvalue weighted by atomic mass is 9.87. The minimum Gasteiger partial charge on any atom is -0.360 e. The fourth-order valence-corrected chi connectivity index (χ4v) is 4.28. The van der Waals surface area contributed by atoms with Gasteiger partial charge in [-0.3, -0.25) is 4.90 Å². The van der Waals surface area contributed by atoms with Gasteiger partial charge in [-0.05, 0) is 31.7 Å². The summed E-state index contributed by atoms with van der Waals surface area (Å²) in [6, 6.07) is 2.94. The second-order valence-electron chi connectivity index (χ2n) is 6.86. The molecule has 4 rings (SSSR count). The second kappa shape index (κ2) is 5.49. The van der Waals surface area contributed by atoms with Crippen molar-refractivity contribution >= 4 is 0 Å². The number of rotatable bonds is 3. The standard InChI is InChI=1S/C16H25N3O/c1-2-4-12(5-3-1)15-8-14(20-18-15)10-19-9-13-6-7-17-16(13)11-19/h8,12-13,16-17H,1-7,9-11H2/t13-,16+/m0/s1. The van der Waals surface area contributed by atoms with Crippen LogP contribution in [-0.4, -0.2) is 35.7 Å². The first-order chi connectivity index (χ1) is 9.88. The number of nitrogens with zero attached hydrogens (tertiary/aromatic N) is 2. The van der Waals surface area contributed by atoms with Crippen LogP contribution < -0.4 is 5.32 Å². The molecule has 0 spiro atoms. The molecule has 0 unspecified atom stereocenters. The van der Waals surface area contributed by atoms with E-state index >= 15 is 0 Å². The van der Waals surface area contributed by atoms with Gasteiger partial charge in [-0.15, -0.1) is 0 Å². The van der Waals surface area contributed by atoms with Crippen LogP contribution in [0.25, 0.3) is 0 Å². The summed E-state index contributed by atoms with van der Waals surface area (Å²) < 4.78 is 5.59. The molecule has 3 aliphatic rings. The molecule has 0 aromatic carbocycles. The molecule has 20 heavy (non-hydrogen) atoms. The summed E-state index contributed by atoms with van der Waals surface area (Å²) in [6.07, 6.45) is 8.03. The maximum absolute atomic E-state index is 5.59. The van der Waals surface area contributed by atoms with Crippen LogP contribution in [0.15, 0.2) is 10.6 Å². The fraction of sp³-hybridized carbons (Fsp3) is 0.812. The Hall–Kier alpha value is -0.870. The van der Waals surface area contributed by atoms with Crippen LogP contribution >= 0.6 is 0 Å². The summed E-state index contributed by atoms with van der Waals surface area (Å²) in [6.45, 7) is 4.53. The lowest BCUT2D eigenvalue weighted by Gasteiger charge is -2.18. The molecular formula is C16H25N3O. The Labute approximate surface area is 120 Å². The van der Waals surface area contributed by atoms with Crippen molar-refractivity contribution in [2.45, 2.75) is 57.0 Å². The minimum absolute atomic E-state index is 0.654. The molecule has 3 fully saturated rings. The van der Waals surface area contributed by atoms with Gasteiger partial charge in [0.1, 0.15) is 0 Å². The molecule has 2 atom stereocenters. The van der Waals surface area contributed by atoms with E-state index in [0.717, 1.165) is 24.3 Å². The highest BCUT2D eigenvalue weighted by Crippen LogP contribution is 2.32. The Kier molecular flexibility index (Phi) is 3.52. The first kappa shape index (κ1) is 12.8. The molecule has 4 heteroatoms. The van der Waals surface area contributed by atoms with Gasteiger partial charge in [0.15, 0.2) is 5.76 Å². The Morgan fingerprint density at radius 1 is 1.20 bits per heavy atom. The minimum atomic E-state index is 0.654. The van der Waals surface area contributed by atoms with Crippen LogP contribution in [0.2, 0.25) is 0 Å². The number of nitrogens with one attached hydrogen (secondary N) is 1.